The summed E-state index contributed by atoms with van der Waals surface area (Å²) >= 11 is 0. The molecule has 0 bridgehead atoms. The van der Waals surface area contributed by atoms with E-state index in [1.54, 1.807) is 12.1 Å². The molecule has 0 heterocycles. The van der Waals surface area contributed by atoms with Gasteiger partial charge >= 0.3 is 11.8 Å². The summed E-state index contributed by atoms with van der Waals surface area (Å²) in [5.74, 6) is -1.49. The van der Waals surface area contributed by atoms with E-state index in [2.05, 4.69) is 10.6 Å². The second-order valence-electron chi connectivity index (χ2n) is 6.70. The molecule has 2 amide bonds. The summed E-state index contributed by atoms with van der Waals surface area (Å²) in [5.41, 5.74) is 3.39. The average molecular weight is 338 g/mol. The number of aliphatic hydroxyl groups is 1. The first-order chi connectivity index (χ1) is 11.9. The fourth-order valence-electron chi connectivity index (χ4n) is 3.39. The van der Waals surface area contributed by atoms with Gasteiger partial charge < -0.3 is 15.7 Å². The summed E-state index contributed by atoms with van der Waals surface area (Å²) in [6.45, 7) is 3.87. The van der Waals surface area contributed by atoms with Gasteiger partial charge in [0.2, 0.25) is 0 Å². The molecule has 0 saturated heterocycles. The Balaban J connectivity index is 1.62. The van der Waals surface area contributed by atoms with Crippen LogP contribution in [0.15, 0.2) is 42.5 Å². The van der Waals surface area contributed by atoms with Gasteiger partial charge in [-0.3, -0.25) is 9.59 Å². The third-order valence-electron chi connectivity index (χ3n) is 4.55. The number of benzene rings is 2. The van der Waals surface area contributed by atoms with Gasteiger partial charge in [-0.15, -0.1) is 0 Å². The summed E-state index contributed by atoms with van der Waals surface area (Å²) in [4.78, 5) is 24.2. The Kier molecular flexibility index (Phi) is 4.59. The smallest absolute Gasteiger partial charge is 0.313 e. The van der Waals surface area contributed by atoms with Crippen LogP contribution in [0.25, 0.3) is 0 Å². The predicted molar refractivity (Wildman–Crippen MR) is 96.2 cm³/mol. The van der Waals surface area contributed by atoms with Crippen LogP contribution in [0.2, 0.25) is 0 Å². The number of hydrogen-bond acceptors (Lipinski definition) is 3. The molecular formula is C20H22N2O3. The molecule has 0 radical (unpaired) electrons. The van der Waals surface area contributed by atoms with Crippen LogP contribution in [0.3, 0.4) is 0 Å². The Labute approximate surface area is 147 Å². The fraction of sp³-hybridized carbons (Fsp3) is 0.300. The molecule has 5 nitrogen and oxygen atoms in total. The first-order valence-electron chi connectivity index (χ1n) is 8.36. The number of hydrogen-bond donors (Lipinski definition) is 3. The lowest BCUT2D eigenvalue weighted by Crippen LogP contribution is -2.43. The van der Waals surface area contributed by atoms with E-state index in [9.17, 15) is 14.7 Å². The lowest BCUT2D eigenvalue weighted by molar-refractivity contribution is -0.136. The topological polar surface area (TPSA) is 78.4 Å². The zero-order valence-corrected chi connectivity index (χ0v) is 14.4. The Hall–Kier alpha value is -2.66. The van der Waals surface area contributed by atoms with Crippen LogP contribution in [0, 0.1) is 13.8 Å². The van der Waals surface area contributed by atoms with Gasteiger partial charge in [-0.1, -0.05) is 30.3 Å². The maximum absolute atomic E-state index is 12.1. The molecule has 25 heavy (non-hydrogen) atoms. The summed E-state index contributed by atoms with van der Waals surface area (Å²) in [6.07, 6.45) is 1.29. The number of carbonyl (C=O) groups excluding carboxylic acids is 2. The summed E-state index contributed by atoms with van der Waals surface area (Å²) in [5, 5.41) is 15.9. The highest BCUT2D eigenvalue weighted by Gasteiger charge is 2.37. The molecular weight excluding hydrogens is 316 g/mol. The minimum atomic E-state index is -1.12. The Morgan fingerprint density at radius 2 is 1.76 bits per heavy atom. The predicted octanol–water partition coefficient (Wildman–Crippen LogP) is 2.19. The number of rotatable bonds is 3. The van der Waals surface area contributed by atoms with Crippen LogP contribution in [0.5, 0.6) is 0 Å². The monoisotopic (exact) mass is 338 g/mol. The van der Waals surface area contributed by atoms with Crippen LogP contribution < -0.4 is 10.6 Å². The lowest BCUT2D eigenvalue weighted by Gasteiger charge is -2.24. The largest absolute Gasteiger partial charge is 0.383 e. The van der Waals surface area contributed by atoms with E-state index in [4.69, 9.17) is 0 Å². The SMILES string of the molecule is Cc1cc(C)cc(NC(=O)C(=O)NC[C@@]2(O)CCc3ccccc32)c1. The zero-order chi connectivity index (χ0) is 18.0. The number of anilines is 1. The Morgan fingerprint density at radius 1 is 1.08 bits per heavy atom. The van der Waals surface area contributed by atoms with E-state index in [1.807, 2.05) is 44.2 Å². The number of nitrogens with one attached hydrogen (secondary N) is 2. The van der Waals surface area contributed by atoms with E-state index < -0.39 is 17.4 Å². The molecule has 0 spiro atoms. The van der Waals surface area contributed by atoms with Crippen molar-refractivity contribution in [2.24, 2.45) is 0 Å². The maximum atomic E-state index is 12.1. The zero-order valence-electron chi connectivity index (χ0n) is 14.4. The van der Waals surface area contributed by atoms with Gasteiger partial charge in [-0.25, -0.2) is 0 Å². The van der Waals surface area contributed by atoms with Crippen molar-refractivity contribution in [3.8, 4) is 0 Å². The highest BCUT2D eigenvalue weighted by molar-refractivity contribution is 6.39. The number of amides is 2. The van der Waals surface area contributed by atoms with Gasteiger partial charge in [-0.2, -0.15) is 0 Å². The van der Waals surface area contributed by atoms with Crippen LogP contribution >= 0.6 is 0 Å². The normalized spacial score (nSPS) is 18.5. The molecule has 2 aromatic rings. The molecule has 1 atom stereocenters. The molecule has 0 saturated carbocycles. The second kappa shape index (κ2) is 6.69. The van der Waals surface area contributed by atoms with E-state index >= 15 is 0 Å². The van der Waals surface area contributed by atoms with Crippen molar-refractivity contribution < 1.29 is 14.7 Å². The Morgan fingerprint density at radius 3 is 2.48 bits per heavy atom. The van der Waals surface area contributed by atoms with Crippen molar-refractivity contribution in [3.05, 3.63) is 64.7 Å². The fourth-order valence-corrected chi connectivity index (χ4v) is 3.39. The van der Waals surface area contributed by atoms with Gasteiger partial charge in [0.25, 0.3) is 0 Å². The minimum Gasteiger partial charge on any atom is -0.383 e. The van der Waals surface area contributed by atoms with Crippen molar-refractivity contribution in [2.45, 2.75) is 32.3 Å². The van der Waals surface area contributed by atoms with E-state index in [-0.39, 0.29) is 6.54 Å². The molecule has 5 heteroatoms. The molecule has 0 aromatic heterocycles. The average Bonchev–Trinajstić information content (AvgIpc) is 2.90. The molecule has 0 fully saturated rings. The molecule has 3 N–H and O–H groups in total. The van der Waals surface area contributed by atoms with Crippen molar-refractivity contribution in [1.29, 1.82) is 0 Å². The molecule has 0 aliphatic heterocycles. The Bertz CT molecular complexity index is 811. The van der Waals surface area contributed by atoms with Crippen LogP contribution in [0.1, 0.15) is 28.7 Å². The highest BCUT2D eigenvalue weighted by atomic mass is 16.3. The first kappa shape index (κ1) is 17.2. The van der Waals surface area contributed by atoms with E-state index in [0.717, 1.165) is 28.7 Å². The molecule has 1 aliphatic carbocycles. The van der Waals surface area contributed by atoms with Gasteiger partial charge in [-0.05, 0) is 61.1 Å². The van der Waals surface area contributed by atoms with Crippen molar-refractivity contribution in [2.75, 3.05) is 11.9 Å². The molecule has 1 aliphatic rings. The summed E-state index contributed by atoms with van der Waals surface area (Å²) < 4.78 is 0. The molecule has 2 aromatic carbocycles. The van der Waals surface area contributed by atoms with Gasteiger partial charge in [0.1, 0.15) is 5.60 Å². The van der Waals surface area contributed by atoms with Gasteiger partial charge in [0.05, 0.1) is 6.54 Å². The first-order valence-corrected chi connectivity index (χ1v) is 8.36. The molecule has 3 rings (SSSR count). The van der Waals surface area contributed by atoms with Crippen molar-refractivity contribution >= 4 is 17.5 Å². The number of aryl methyl sites for hydroxylation is 3. The maximum Gasteiger partial charge on any atom is 0.313 e. The quantitative estimate of drug-likeness (QED) is 0.751. The molecule has 0 unspecified atom stereocenters. The van der Waals surface area contributed by atoms with Crippen molar-refractivity contribution in [1.82, 2.24) is 5.32 Å². The third kappa shape index (κ3) is 3.72. The van der Waals surface area contributed by atoms with Crippen LogP contribution in [0.4, 0.5) is 5.69 Å². The van der Waals surface area contributed by atoms with Crippen molar-refractivity contribution in [3.63, 3.8) is 0 Å². The number of fused-ring (bicyclic) bond motifs is 1. The standard InChI is InChI=1S/C20H22N2O3/c1-13-9-14(2)11-16(10-13)22-19(24)18(23)21-12-20(25)8-7-15-5-3-4-6-17(15)20/h3-6,9-11,25H,7-8,12H2,1-2H3,(H,21,23)(H,22,24)/t20-/m0/s1. The summed E-state index contributed by atoms with van der Waals surface area (Å²) in [6, 6.07) is 13.2. The lowest BCUT2D eigenvalue weighted by atomic mass is 9.96. The highest BCUT2D eigenvalue weighted by Crippen LogP contribution is 2.36. The number of carbonyl (C=O) groups is 2. The minimum absolute atomic E-state index is 0.0170. The van der Waals surface area contributed by atoms with Crippen LogP contribution in [-0.4, -0.2) is 23.5 Å². The van der Waals surface area contributed by atoms with E-state index in [0.29, 0.717) is 12.1 Å². The van der Waals surface area contributed by atoms with Crippen LogP contribution in [-0.2, 0) is 21.6 Å². The van der Waals surface area contributed by atoms with Gasteiger partial charge in [0.15, 0.2) is 0 Å². The second-order valence-corrected chi connectivity index (χ2v) is 6.70. The van der Waals surface area contributed by atoms with E-state index in [1.165, 1.54) is 0 Å². The summed E-state index contributed by atoms with van der Waals surface area (Å²) in [7, 11) is 0. The van der Waals surface area contributed by atoms with Gasteiger partial charge in [0, 0.05) is 5.69 Å². The molecule has 130 valence electrons. The third-order valence-corrected chi connectivity index (χ3v) is 4.55.